The van der Waals surface area contributed by atoms with Crippen molar-refractivity contribution in [1.29, 1.82) is 0 Å². The third-order valence-electron chi connectivity index (χ3n) is 3.67. The number of cyclic esters (lactones) is 2. The Morgan fingerprint density at radius 2 is 1.64 bits per heavy atom. The Hall–Kier alpha value is -0.860. The van der Waals surface area contributed by atoms with Crippen LogP contribution < -0.4 is 0 Å². The monoisotopic (exact) mass is 314 g/mol. The molecule has 2 unspecified atom stereocenters. The van der Waals surface area contributed by atoms with E-state index in [0.29, 0.717) is 5.92 Å². The van der Waals surface area contributed by atoms with Crippen LogP contribution in [0, 0.1) is 17.3 Å². The minimum atomic E-state index is -0.345. The number of carbonyl (C=O) groups excluding carboxylic acids is 2. The molecule has 0 amide bonds. The van der Waals surface area contributed by atoms with Crippen LogP contribution in [-0.2, 0) is 14.3 Å². The molecular formula is C19H38O3. The van der Waals surface area contributed by atoms with Crippen LogP contribution in [0.1, 0.15) is 93.9 Å². The normalized spacial score (nSPS) is 18.6. The zero-order valence-corrected chi connectivity index (χ0v) is 16.1. The average Bonchev–Trinajstić information content (AvgIpc) is 2.81. The first-order valence-electron chi connectivity index (χ1n) is 9.08. The highest BCUT2D eigenvalue weighted by Crippen LogP contribution is 2.34. The van der Waals surface area contributed by atoms with Gasteiger partial charge in [0.15, 0.2) is 0 Å². The first-order valence-corrected chi connectivity index (χ1v) is 9.08. The van der Waals surface area contributed by atoms with Gasteiger partial charge in [-0.05, 0) is 30.6 Å². The van der Waals surface area contributed by atoms with E-state index in [1.807, 2.05) is 27.7 Å². The Labute approximate surface area is 138 Å². The van der Waals surface area contributed by atoms with Crippen molar-refractivity contribution in [2.24, 2.45) is 17.3 Å². The molecule has 0 saturated carbocycles. The minimum absolute atomic E-state index is 0.189. The van der Waals surface area contributed by atoms with Gasteiger partial charge in [-0.2, -0.15) is 0 Å². The quantitative estimate of drug-likeness (QED) is 0.462. The third kappa shape index (κ3) is 9.97. The fourth-order valence-corrected chi connectivity index (χ4v) is 2.48. The van der Waals surface area contributed by atoms with Gasteiger partial charge < -0.3 is 4.74 Å². The topological polar surface area (TPSA) is 43.4 Å². The summed E-state index contributed by atoms with van der Waals surface area (Å²) in [6.07, 6.45) is 5.65. The van der Waals surface area contributed by atoms with E-state index in [4.69, 9.17) is 0 Å². The number of hydrogen-bond acceptors (Lipinski definition) is 3. The van der Waals surface area contributed by atoms with Crippen molar-refractivity contribution in [2.75, 3.05) is 0 Å². The van der Waals surface area contributed by atoms with Crippen molar-refractivity contribution in [2.45, 2.75) is 93.9 Å². The molecule has 0 spiro atoms. The highest BCUT2D eigenvalue weighted by Gasteiger charge is 2.38. The molecule has 1 aliphatic rings. The van der Waals surface area contributed by atoms with Gasteiger partial charge in [-0.25, -0.2) is 0 Å². The van der Waals surface area contributed by atoms with Crippen LogP contribution in [0.4, 0.5) is 0 Å². The third-order valence-corrected chi connectivity index (χ3v) is 3.67. The summed E-state index contributed by atoms with van der Waals surface area (Å²) in [6, 6.07) is 0. The van der Waals surface area contributed by atoms with E-state index < -0.39 is 0 Å². The average molecular weight is 315 g/mol. The van der Waals surface area contributed by atoms with Crippen LogP contribution in [0.5, 0.6) is 0 Å². The summed E-state index contributed by atoms with van der Waals surface area (Å²) in [5.41, 5.74) is 0.275. The van der Waals surface area contributed by atoms with Crippen LogP contribution in [0.3, 0.4) is 0 Å². The second-order valence-corrected chi connectivity index (χ2v) is 6.61. The standard InChI is InChI=1S/C15H26O3.2C2H6/c1-5-6-7-11(8-9-15(2,3)4)12-10-13(16)18-14(12)17;2*1-2/h11-12H,5-10H2,1-4H3;2*1-2H3. The molecule has 22 heavy (non-hydrogen) atoms. The summed E-state index contributed by atoms with van der Waals surface area (Å²) in [5, 5.41) is 0. The smallest absolute Gasteiger partial charge is 0.317 e. The fraction of sp³-hybridized carbons (Fsp3) is 0.895. The Morgan fingerprint density at radius 3 is 2.00 bits per heavy atom. The second kappa shape index (κ2) is 12.7. The first kappa shape index (κ1) is 23.4. The molecule has 1 aliphatic heterocycles. The zero-order valence-electron chi connectivity index (χ0n) is 16.1. The van der Waals surface area contributed by atoms with Gasteiger partial charge in [-0.15, -0.1) is 0 Å². The molecule has 3 heteroatoms. The summed E-state index contributed by atoms with van der Waals surface area (Å²) >= 11 is 0. The van der Waals surface area contributed by atoms with Gasteiger partial charge in [0.05, 0.1) is 12.3 Å². The van der Waals surface area contributed by atoms with Crippen molar-refractivity contribution in [3.8, 4) is 0 Å². The van der Waals surface area contributed by atoms with E-state index in [2.05, 4.69) is 32.4 Å². The maximum atomic E-state index is 11.7. The molecular weight excluding hydrogens is 276 g/mol. The van der Waals surface area contributed by atoms with Gasteiger partial charge in [0.25, 0.3) is 0 Å². The fourth-order valence-electron chi connectivity index (χ4n) is 2.48. The molecule has 1 fully saturated rings. The summed E-state index contributed by atoms with van der Waals surface area (Å²) < 4.78 is 4.69. The van der Waals surface area contributed by atoms with Crippen LogP contribution in [-0.4, -0.2) is 11.9 Å². The summed E-state index contributed by atoms with van der Waals surface area (Å²) in [7, 11) is 0. The first-order chi connectivity index (χ1) is 10.3. The van der Waals surface area contributed by atoms with E-state index in [9.17, 15) is 9.59 Å². The lowest BCUT2D eigenvalue weighted by molar-refractivity contribution is -0.153. The van der Waals surface area contributed by atoms with Gasteiger partial charge >= 0.3 is 11.9 Å². The predicted molar refractivity (Wildman–Crippen MR) is 93.6 cm³/mol. The molecule has 1 saturated heterocycles. The minimum Gasteiger partial charge on any atom is -0.393 e. The molecule has 0 aliphatic carbocycles. The number of rotatable bonds is 6. The molecule has 0 N–H and O–H groups in total. The lowest BCUT2D eigenvalue weighted by atomic mass is 9.79. The van der Waals surface area contributed by atoms with Crippen molar-refractivity contribution >= 4 is 11.9 Å². The van der Waals surface area contributed by atoms with E-state index in [1.54, 1.807) is 0 Å². The molecule has 2 atom stereocenters. The van der Waals surface area contributed by atoms with Crippen LogP contribution in [0.2, 0.25) is 0 Å². The van der Waals surface area contributed by atoms with Crippen molar-refractivity contribution in [3.05, 3.63) is 0 Å². The zero-order chi connectivity index (χ0) is 17.8. The van der Waals surface area contributed by atoms with E-state index in [0.717, 1.165) is 32.1 Å². The number of unbranched alkanes of at least 4 members (excludes halogenated alkanes) is 1. The number of carbonyl (C=O) groups is 2. The van der Waals surface area contributed by atoms with Crippen LogP contribution in [0.25, 0.3) is 0 Å². The Kier molecular flexibility index (Phi) is 13.5. The highest BCUT2D eigenvalue weighted by atomic mass is 16.6. The molecule has 1 heterocycles. The SMILES string of the molecule is CC.CC.CCCCC(CCC(C)(C)C)C1CC(=O)OC1=O. The number of hydrogen-bond donors (Lipinski definition) is 0. The molecule has 1 rings (SSSR count). The Morgan fingerprint density at radius 1 is 1.09 bits per heavy atom. The van der Waals surface area contributed by atoms with Gasteiger partial charge in [-0.3, -0.25) is 9.59 Å². The molecule has 0 aromatic rings. The van der Waals surface area contributed by atoms with Gasteiger partial charge in [0, 0.05) is 0 Å². The van der Waals surface area contributed by atoms with Crippen LogP contribution >= 0.6 is 0 Å². The maximum Gasteiger partial charge on any atom is 0.317 e. The summed E-state index contributed by atoms with van der Waals surface area (Å²) in [4.78, 5) is 22.9. The molecule has 0 radical (unpaired) electrons. The van der Waals surface area contributed by atoms with Gasteiger partial charge in [-0.1, -0.05) is 68.2 Å². The Balaban J connectivity index is 0. The van der Waals surface area contributed by atoms with Gasteiger partial charge in [0.1, 0.15) is 0 Å². The van der Waals surface area contributed by atoms with Crippen molar-refractivity contribution in [1.82, 2.24) is 0 Å². The lowest BCUT2D eigenvalue weighted by Crippen LogP contribution is -2.21. The van der Waals surface area contributed by atoms with E-state index in [1.165, 1.54) is 0 Å². The van der Waals surface area contributed by atoms with Crippen LogP contribution in [0.15, 0.2) is 0 Å². The summed E-state index contributed by atoms with van der Waals surface area (Å²) in [6.45, 7) is 16.8. The Bertz CT molecular complexity index is 302. The maximum absolute atomic E-state index is 11.7. The molecule has 0 aromatic heterocycles. The largest absolute Gasteiger partial charge is 0.393 e. The predicted octanol–water partition coefficient (Wildman–Crippen LogP) is 5.76. The molecule has 0 aromatic carbocycles. The van der Waals surface area contributed by atoms with E-state index in [-0.39, 0.29) is 29.7 Å². The second-order valence-electron chi connectivity index (χ2n) is 6.61. The summed E-state index contributed by atoms with van der Waals surface area (Å²) in [5.74, 6) is -0.521. The van der Waals surface area contributed by atoms with Crippen molar-refractivity contribution in [3.63, 3.8) is 0 Å². The van der Waals surface area contributed by atoms with Crippen molar-refractivity contribution < 1.29 is 14.3 Å². The lowest BCUT2D eigenvalue weighted by Gasteiger charge is -2.25. The highest BCUT2D eigenvalue weighted by molar-refractivity contribution is 5.94. The number of ether oxygens (including phenoxy) is 1. The molecule has 3 nitrogen and oxygen atoms in total. The number of esters is 2. The molecule has 132 valence electrons. The molecule has 0 bridgehead atoms. The van der Waals surface area contributed by atoms with Gasteiger partial charge in [0.2, 0.25) is 0 Å². The van der Waals surface area contributed by atoms with E-state index >= 15 is 0 Å².